The van der Waals surface area contributed by atoms with Crippen molar-refractivity contribution in [1.29, 1.82) is 0 Å². The molecular formula is C28H24FNOP+. The molecule has 32 heavy (non-hydrogen) atoms. The second-order valence-electron chi connectivity index (χ2n) is 7.45. The Kier molecular flexibility index (Phi) is 6.95. The van der Waals surface area contributed by atoms with Crippen LogP contribution in [-0.2, 0) is 6.16 Å². The summed E-state index contributed by atoms with van der Waals surface area (Å²) in [5.74, 6) is 0.667. The average molecular weight is 440 g/mol. The van der Waals surface area contributed by atoms with Crippen molar-refractivity contribution < 1.29 is 9.13 Å². The lowest BCUT2D eigenvalue weighted by Gasteiger charge is -2.28. The van der Waals surface area contributed by atoms with E-state index < -0.39 is 13.9 Å². The van der Waals surface area contributed by atoms with Crippen LogP contribution in [-0.4, -0.2) is 13.3 Å². The number of hydrogen-bond donors (Lipinski definition) is 0. The van der Waals surface area contributed by atoms with E-state index in [2.05, 4.69) is 71.6 Å². The van der Waals surface area contributed by atoms with Gasteiger partial charge in [0.1, 0.15) is 42.2 Å². The molecule has 0 aromatic heterocycles. The molecule has 0 saturated carbocycles. The molecule has 0 saturated heterocycles. The molecular weight excluding hydrogens is 416 g/mol. The van der Waals surface area contributed by atoms with Crippen LogP contribution >= 0.6 is 7.26 Å². The maximum Gasteiger partial charge on any atom is 0.187 e. The lowest BCUT2D eigenvalue weighted by Crippen LogP contribution is -2.32. The minimum Gasteiger partial charge on any atom is -0.491 e. The predicted octanol–water partition coefficient (Wildman–Crippen LogP) is 6.08. The molecule has 0 heterocycles. The highest BCUT2D eigenvalue weighted by Crippen LogP contribution is 2.58. The fourth-order valence-corrected chi connectivity index (χ4v) is 8.24. The van der Waals surface area contributed by atoms with Crippen molar-refractivity contribution >= 4 is 28.9 Å². The zero-order valence-electron chi connectivity index (χ0n) is 17.7. The normalized spacial score (nSPS) is 11.0. The molecule has 0 fully saturated rings. The zero-order chi connectivity index (χ0) is 22.2. The van der Waals surface area contributed by atoms with E-state index in [4.69, 9.17) is 11.3 Å². The molecule has 0 bridgehead atoms. The van der Waals surface area contributed by atoms with E-state index in [1.165, 1.54) is 15.9 Å². The van der Waals surface area contributed by atoms with Gasteiger partial charge in [-0.05, 0) is 60.2 Å². The molecule has 0 atom stereocenters. The first-order valence-corrected chi connectivity index (χ1v) is 12.5. The maximum absolute atomic E-state index is 12.6. The minimum absolute atomic E-state index is 0.0560. The molecule has 158 valence electrons. The Balaban J connectivity index is 1.92. The molecule has 0 spiro atoms. The van der Waals surface area contributed by atoms with Crippen molar-refractivity contribution in [3.8, 4) is 5.75 Å². The lowest BCUT2D eigenvalue weighted by molar-refractivity contribution is 0.273. The van der Waals surface area contributed by atoms with Gasteiger partial charge in [-0.3, -0.25) is 0 Å². The number of alkyl halides is 1. The molecule has 4 rings (SSSR count). The van der Waals surface area contributed by atoms with Gasteiger partial charge in [0.15, 0.2) is 5.69 Å². The van der Waals surface area contributed by atoms with Crippen molar-refractivity contribution in [3.05, 3.63) is 126 Å². The topological polar surface area (TPSA) is 13.6 Å². The van der Waals surface area contributed by atoms with Crippen molar-refractivity contribution in [3.63, 3.8) is 0 Å². The summed E-state index contributed by atoms with van der Waals surface area (Å²) in [6.07, 6.45) is 0.801. The Morgan fingerprint density at radius 2 is 1.31 bits per heavy atom. The van der Waals surface area contributed by atoms with Gasteiger partial charge >= 0.3 is 0 Å². The first kappa shape index (κ1) is 21.8. The van der Waals surface area contributed by atoms with Crippen molar-refractivity contribution in [2.45, 2.75) is 6.16 Å². The van der Waals surface area contributed by atoms with Gasteiger partial charge in [-0.15, -0.1) is 0 Å². The SMILES string of the molecule is [C-]#[N+]c1cccc(C[P+](c2ccccc2)(c2ccccc2)c2ccc(OCCF)cc2)c1. The van der Waals surface area contributed by atoms with E-state index in [1.807, 2.05) is 42.5 Å². The highest BCUT2D eigenvalue weighted by atomic mass is 31.2. The smallest absolute Gasteiger partial charge is 0.187 e. The summed E-state index contributed by atoms with van der Waals surface area (Å²) < 4.78 is 18.0. The van der Waals surface area contributed by atoms with Crippen LogP contribution in [0.2, 0.25) is 0 Å². The number of ether oxygens (including phenoxy) is 1. The Hall–Kier alpha value is -3.47. The number of hydrogen-bond acceptors (Lipinski definition) is 1. The zero-order valence-corrected chi connectivity index (χ0v) is 18.6. The fraction of sp³-hybridized carbons (Fsp3) is 0.107. The van der Waals surface area contributed by atoms with Crippen LogP contribution in [0.4, 0.5) is 10.1 Å². The molecule has 0 aliphatic heterocycles. The first-order chi connectivity index (χ1) is 15.8. The van der Waals surface area contributed by atoms with Gasteiger partial charge in [0.05, 0.1) is 12.7 Å². The first-order valence-electron chi connectivity index (χ1n) is 10.5. The number of rotatable bonds is 8. The molecule has 2 nitrogen and oxygen atoms in total. The Bertz CT molecular complexity index is 1150. The van der Waals surface area contributed by atoms with Crippen molar-refractivity contribution in [1.82, 2.24) is 0 Å². The third-order valence-electron chi connectivity index (χ3n) is 5.48. The molecule has 0 aliphatic rings. The van der Waals surface area contributed by atoms with Gasteiger partial charge in [0.2, 0.25) is 0 Å². The minimum atomic E-state index is -2.08. The summed E-state index contributed by atoms with van der Waals surface area (Å²) in [5, 5.41) is 3.77. The molecule has 0 N–H and O–H groups in total. The summed E-state index contributed by atoms with van der Waals surface area (Å²) in [4.78, 5) is 3.63. The number of nitrogens with zero attached hydrogens (tertiary/aromatic N) is 1. The van der Waals surface area contributed by atoms with Crippen LogP contribution in [0.5, 0.6) is 5.75 Å². The molecule has 0 unspecified atom stereocenters. The highest BCUT2D eigenvalue weighted by molar-refractivity contribution is 7.95. The molecule has 4 heteroatoms. The standard InChI is InChI=1S/C28H24FNOP/c1-30-24-10-8-9-23(21-24)22-32(26-11-4-2-5-12-26,27-13-6-3-7-14-27)28-17-15-25(16-18-28)31-20-19-29/h2-18,21H,19-20,22H2/q+1. The van der Waals surface area contributed by atoms with E-state index in [0.717, 1.165) is 11.7 Å². The second kappa shape index (κ2) is 10.2. The summed E-state index contributed by atoms with van der Waals surface area (Å²) in [5.41, 5.74) is 1.79. The summed E-state index contributed by atoms with van der Waals surface area (Å²) in [6.45, 7) is 6.98. The summed E-state index contributed by atoms with van der Waals surface area (Å²) in [7, 11) is -2.08. The molecule has 4 aromatic rings. The van der Waals surface area contributed by atoms with Crippen molar-refractivity contribution in [2.24, 2.45) is 0 Å². The summed E-state index contributed by atoms with van der Waals surface area (Å²) in [6, 6.07) is 37.2. The molecule has 0 amide bonds. The Labute approximate surface area is 189 Å². The second-order valence-corrected chi connectivity index (χ2v) is 10.9. The summed E-state index contributed by atoms with van der Waals surface area (Å²) >= 11 is 0. The Morgan fingerprint density at radius 3 is 1.88 bits per heavy atom. The quantitative estimate of drug-likeness (QED) is 0.239. The number of benzene rings is 4. The lowest BCUT2D eigenvalue weighted by atomic mass is 10.2. The van der Waals surface area contributed by atoms with Crippen molar-refractivity contribution in [2.75, 3.05) is 13.3 Å². The fourth-order valence-electron chi connectivity index (χ4n) is 4.04. The van der Waals surface area contributed by atoms with Gasteiger partial charge in [-0.25, -0.2) is 9.24 Å². The van der Waals surface area contributed by atoms with Gasteiger partial charge in [0, 0.05) is 0 Å². The molecule has 0 aliphatic carbocycles. The van der Waals surface area contributed by atoms with E-state index >= 15 is 0 Å². The average Bonchev–Trinajstić information content (AvgIpc) is 2.87. The van der Waals surface area contributed by atoms with E-state index in [1.54, 1.807) is 0 Å². The highest BCUT2D eigenvalue weighted by Gasteiger charge is 2.45. The largest absolute Gasteiger partial charge is 0.491 e. The Morgan fingerprint density at radius 1 is 0.719 bits per heavy atom. The van der Waals surface area contributed by atoms with Gasteiger partial charge in [-0.1, -0.05) is 54.6 Å². The molecule has 0 radical (unpaired) electrons. The van der Waals surface area contributed by atoms with E-state index in [0.29, 0.717) is 11.4 Å². The van der Waals surface area contributed by atoms with Crippen LogP contribution in [0.3, 0.4) is 0 Å². The van der Waals surface area contributed by atoms with Crippen LogP contribution < -0.4 is 20.7 Å². The third-order valence-corrected chi connectivity index (χ3v) is 9.86. The van der Waals surface area contributed by atoms with Crippen LogP contribution in [0.25, 0.3) is 4.85 Å². The van der Waals surface area contributed by atoms with Gasteiger partial charge in [0.25, 0.3) is 0 Å². The van der Waals surface area contributed by atoms with E-state index in [9.17, 15) is 4.39 Å². The monoisotopic (exact) mass is 440 g/mol. The van der Waals surface area contributed by atoms with E-state index in [-0.39, 0.29) is 6.61 Å². The maximum atomic E-state index is 12.6. The van der Waals surface area contributed by atoms with Crippen LogP contribution in [0.1, 0.15) is 5.56 Å². The predicted molar refractivity (Wildman–Crippen MR) is 133 cm³/mol. The van der Waals surface area contributed by atoms with Crippen LogP contribution in [0, 0.1) is 6.57 Å². The third kappa shape index (κ3) is 4.57. The molecule has 4 aromatic carbocycles. The number of halogens is 1. The van der Waals surface area contributed by atoms with Crippen LogP contribution in [0.15, 0.2) is 109 Å². The van der Waals surface area contributed by atoms with Gasteiger partial charge in [-0.2, -0.15) is 0 Å². The van der Waals surface area contributed by atoms with Gasteiger partial charge < -0.3 is 4.74 Å².